The number of likely N-dealkylation sites (N-methyl/N-ethyl adjacent to an activating group) is 1. The van der Waals surface area contributed by atoms with Crippen molar-refractivity contribution in [2.45, 2.75) is 19.9 Å². The lowest BCUT2D eigenvalue weighted by atomic mass is 9.98. The number of anilines is 4. The molecular formula is C25H25FN8O. The van der Waals surface area contributed by atoms with E-state index in [0.29, 0.717) is 47.0 Å². The Morgan fingerprint density at radius 2 is 2.03 bits per heavy atom. The smallest absolute Gasteiger partial charge is 0.237 e. The Labute approximate surface area is 201 Å². The van der Waals surface area contributed by atoms with Crippen molar-refractivity contribution >= 4 is 33.9 Å². The number of hydrogen-bond acceptors (Lipinski definition) is 9. The van der Waals surface area contributed by atoms with Crippen LogP contribution >= 0.6 is 0 Å². The van der Waals surface area contributed by atoms with Crippen molar-refractivity contribution in [2.75, 3.05) is 43.1 Å². The first-order valence-electron chi connectivity index (χ1n) is 11.5. The minimum absolute atomic E-state index is 0.00358. The molecule has 0 atom stereocenters. The molecule has 2 aliphatic heterocycles. The average molecular weight is 473 g/mol. The molecule has 6 rings (SSSR count). The predicted octanol–water partition coefficient (Wildman–Crippen LogP) is 3.65. The van der Waals surface area contributed by atoms with Crippen LogP contribution in [-0.4, -0.2) is 51.6 Å². The van der Waals surface area contributed by atoms with Crippen LogP contribution in [0.5, 0.6) is 5.88 Å². The molecule has 5 heterocycles. The van der Waals surface area contributed by atoms with Crippen LogP contribution in [0.3, 0.4) is 0 Å². The number of rotatable bonds is 3. The highest BCUT2D eigenvalue weighted by Gasteiger charge is 2.21. The normalized spacial score (nSPS) is 15.2. The van der Waals surface area contributed by atoms with E-state index in [1.54, 1.807) is 24.7 Å². The van der Waals surface area contributed by atoms with Crippen molar-refractivity contribution in [1.29, 1.82) is 0 Å². The molecule has 0 unspecified atom stereocenters. The molecular weight excluding hydrogens is 447 g/mol. The number of pyridine rings is 2. The van der Waals surface area contributed by atoms with Crippen LogP contribution in [0.1, 0.15) is 16.8 Å². The van der Waals surface area contributed by atoms with Gasteiger partial charge in [-0.2, -0.15) is 0 Å². The molecule has 0 bridgehead atoms. The average Bonchev–Trinajstić information content (AvgIpc) is 2.86. The van der Waals surface area contributed by atoms with Crippen LogP contribution in [0.2, 0.25) is 0 Å². The summed E-state index contributed by atoms with van der Waals surface area (Å²) in [5, 5.41) is 6.97. The lowest BCUT2D eigenvalue weighted by molar-refractivity contribution is 0.310. The molecule has 0 saturated carbocycles. The number of ether oxygens (including phenoxy) is 1. The van der Waals surface area contributed by atoms with Gasteiger partial charge in [0.15, 0.2) is 5.82 Å². The van der Waals surface area contributed by atoms with Gasteiger partial charge in [-0.3, -0.25) is 4.98 Å². The van der Waals surface area contributed by atoms with Gasteiger partial charge in [-0.15, -0.1) is 0 Å². The van der Waals surface area contributed by atoms with Crippen molar-refractivity contribution in [2.24, 2.45) is 0 Å². The number of nitrogens with one attached hydrogen (secondary N) is 2. The zero-order chi connectivity index (χ0) is 24.1. The second-order valence-corrected chi connectivity index (χ2v) is 8.97. The van der Waals surface area contributed by atoms with E-state index in [-0.39, 0.29) is 5.69 Å². The Morgan fingerprint density at radius 1 is 1.14 bits per heavy atom. The highest BCUT2D eigenvalue weighted by molar-refractivity contribution is 5.96. The molecule has 0 amide bonds. The minimum atomic E-state index is -0.522. The molecule has 2 aliphatic rings. The minimum Gasteiger partial charge on any atom is -0.474 e. The van der Waals surface area contributed by atoms with Crippen molar-refractivity contribution < 1.29 is 9.13 Å². The van der Waals surface area contributed by atoms with Crippen LogP contribution < -0.4 is 21.1 Å². The van der Waals surface area contributed by atoms with Gasteiger partial charge >= 0.3 is 0 Å². The molecule has 4 aromatic rings. The molecule has 178 valence electrons. The van der Waals surface area contributed by atoms with Crippen LogP contribution in [0.25, 0.3) is 22.0 Å². The van der Waals surface area contributed by atoms with Crippen molar-refractivity contribution in [1.82, 2.24) is 24.8 Å². The summed E-state index contributed by atoms with van der Waals surface area (Å²) in [5.74, 6) is 0.382. The van der Waals surface area contributed by atoms with Crippen molar-refractivity contribution in [3.63, 3.8) is 0 Å². The number of halogens is 1. The van der Waals surface area contributed by atoms with Crippen LogP contribution in [0.15, 0.2) is 30.7 Å². The van der Waals surface area contributed by atoms with E-state index in [1.807, 2.05) is 6.92 Å². The van der Waals surface area contributed by atoms with Crippen LogP contribution in [0, 0.1) is 12.7 Å². The number of nitrogen functional groups attached to an aromatic ring is 1. The molecule has 3 aromatic heterocycles. The van der Waals surface area contributed by atoms with E-state index in [4.69, 9.17) is 10.5 Å². The van der Waals surface area contributed by atoms with E-state index in [2.05, 4.69) is 48.6 Å². The number of nitrogens with two attached hydrogens (primary N) is 1. The summed E-state index contributed by atoms with van der Waals surface area (Å²) in [4.78, 5) is 20.2. The number of hydrogen-bond donors (Lipinski definition) is 3. The summed E-state index contributed by atoms with van der Waals surface area (Å²) in [6, 6.07) is 3.77. The van der Waals surface area contributed by atoms with E-state index >= 15 is 4.39 Å². The summed E-state index contributed by atoms with van der Waals surface area (Å²) in [7, 11) is 2.10. The number of benzene rings is 1. The molecule has 35 heavy (non-hydrogen) atoms. The van der Waals surface area contributed by atoms with Gasteiger partial charge in [-0.1, -0.05) is 0 Å². The second-order valence-electron chi connectivity index (χ2n) is 8.97. The fraction of sp³-hybridized carbons (Fsp3) is 0.280. The summed E-state index contributed by atoms with van der Waals surface area (Å²) in [5.41, 5.74) is 12.4. The molecule has 1 aromatic carbocycles. The predicted molar refractivity (Wildman–Crippen MR) is 133 cm³/mol. The first-order valence-corrected chi connectivity index (χ1v) is 11.5. The fourth-order valence-electron chi connectivity index (χ4n) is 4.69. The standard InChI is InChI=1S/C25H25FN8O/c1-13-17(10-30-24-23(13)28-4-6-35-24)16-8-20-18(22(27)21(16)26)11-31-25(33-20)32-15-7-14-12-34(2)5-3-19(14)29-9-15/h7-11,28H,3-6,12,27H2,1-2H3,(H,31,32,33). The maximum absolute atomic E-state index is 15.4. The number of aromatic nitrogens is 4. The third-order valence-corrected chi connectivity index (χ3v) is 6.59. The molecule has 9 nitrogen and oxygen atoms in total. The topological polar surface area (TPSA) is 114 Å². The first-order chi connectivity index (χ1) is 17.0. The van der Waals surface area contributed by atoms with Crippen LogP contribution in [0.4, 0.5) is 27.4 Å². The second kappa shape index (κ2) is 8.31. The molecule has 0 saturated heterocycles. The third kappa shape index (κ3) is 3.75. The highest BCUT2D eigenvalue weighted by atomic mass is 19.1. The van der Waals surface area contributed by atoms with E-state index in [0.717, 1.165) is 42.1 Å². The van der Waals surface area contributed by atoms with Gasteiger partial charge in [0.2, 0.25) is 11.8 Å². The van der Waals surface area contributed by atoms with E-state index < -0.39 is 5.82 Å². The zero-order valence-corrected chi connectivity index (χ0v) is 19.5. The maximum Gasteiger partial charge on any atom is 0.237 e. The summed E-state index contributed by atoms with van der Waals surface area (Å²) >= 11 is 0. The van der Waals surface area contributed by atoms with Crippen molar-refractivity contribution in [3.8, 4) is 17.0 Å². The van der Waals surface area contributed by atoms with Crippen LogP contribution in [-0.2, 0) is 13.0 Å². The SMILES string of the molecule is Cc1c(-c2cc3nc(Nc4cnc5c(c4)CN(C)CC5)ncc3c(N)c2F)cnc2c1NCCO2. The number of nitrogens with zero attached hydrogens (tertiary/aromatic N) is 5. The quantitative estimate of drug-likeness (QED) is 0.384. The van der Waals surface area contributed by atoms with Gasteiger partial charge in [0, 0.05) is 60.7 Å². The third-order valence-electron chi connectivity index (χ3n) is 6.59. The Balaban J connectivity index is 1.39. The first kappa shape index (κ1) is 21.5. The fourth-order valence-corrected chi connectivity index (χ4v) is 4.69. The van der Waals surface area contributed by atoms with E-state index in [9.17, 15) is 0 Å². The van der Waals surface area contributed by atoms with Gasteiger partial charge in [-0.05, 0) is 37.2 Å². The molecule has 0 spiro atoms. The Hall–Kier alpha value is -4.05. The summed E-state index contributed by atoms with van der Waals surface area (Å²) in [6.07, 6.45) is 5.88. The maximum atomic E-state index is 15.4. The summed E-state index contributed by atoms with van der Waals surface area (Å²) in [6.45, 7) is 4.97. The summed E-state index contributed by atoms with van der Waals surface area (Å²) < 4.78 is 21.0. The Kier molecular flexibility index (Phi) is 5.10. The van der Waals surface area contributed by atoms with Gasteiger partial charge < -0.3 is 26.0 Å². The lowest BCUT2D eigenvalue weighted by Gasteiger charge is -2.24. The monoisotopic (exact) mass is 472 g/mol. The molecule has 4 N–H and O–H groups in total. The molecule has 0 radical (unpaired) electrons. The van der Waals surface area contributed by atoms with E-state index in [1.165, 1.54) is 5.56 Å². The van der Waals surface area contributed by atoms with Gasteiger partial charge in [-0.25, -0.2) is 19.3 Å². The number of fused-ring (bicyclic) bond motifs is 3. The van der Waals surface area contributed by atoms with Gasteiger partial charge in [0.1, 0.15) is 12.3 Å². The highest BCUT2D eigenvalue weighted by Crippen LogP contribution is 2.39. The lowest BCUT2D eigenvalue weighted by Crippen LogP contribution is -2.27. The zero-order valence-electron chi connectivity index (χ0n) is 19.5. The Bertz CT molecular complexity index is 1470. The largest absolute Gasteiger partial charge is 0.474 e. The van der Waals surface area contributed by atoms with Crippen molar-refractivity contribution in [3.05, 3.63) is 53.4 Å². The molecule has 0 aliphatic carbocycles. The molecule has 10 heteroatoms. The molecule has 0 fully saturated rings. The van der Waals surface area contributed by atoms with Gasteiger partial charge in [0.25, 0.3) is 0 Å². The van der Waals surface area contributed by atoms with Gasteiger partial charge in [0.05, 0.1) is 23.1 Å². The Morgan fingerprint density at radius 3 is 2.91 bits per heavy atom.